The SMILES string of the molecule is CC1(C(=O)N2CC[C@H]3[C@@H](C2)[C@H]3C(=O)O)C=CCC1. The average Bonchev–Trinajstić information content (AvgIpc) is 2.91. The number of carbonyl (C=O) groups excluding carboxylic acids is 1. The van der Waals surface area contributed by atoms with Gasteiger partial charge in [0, 0.05) is 13.1 Å². The minimum atomic E-state index is -0.689. The summed E-state index contributed by atoms with van der Waals surface area (Å²) in [5.41, 5.74) is -0.347. The molecule has 1 saturated carbocycles. The van der Waals surface area contributed by atoms with Gasteiger partial charge in [0.25, 0.3) is 0 Å². The van der Waals surface area contributed by atoms with Crippen LogP contribution in [0.4, 0.5) is 0 Å². The van der Waals surface area contributed by atoms with Crippen molar-refractivity contribution in [1.82, 2.24) is 4.90 Å². The summed E-state index contributed by atoms with van der Waals surface area (Å²) in [5, 5.41) is 9.06. The summed E-state index contributed by atoms with van der Waals surface area (Å²) in [7, 11) is 0. The molecule has 0 bridgehead atoms. The van der Waals surface area contributed by atoms with Crippen molar-refractivity contribution in [3.05, 3.63) is 12.2 Å². The van der Waals surface area contributed by atoms with E-state index >= 15 is 0 Å². The molecule has 0 aromatic heterocycles. The Kier molecular flexibility index (Phi) is 2.50. The van der Waals surface area contributed by atoms with Crippen LogP contribution < -0.4 is 0 Å². The van der Waals surface area contributed by atoms with Crippen molar-refractivity contribution in [3.63, 3.8) is 0 Å². The Balaban J connectivity index is 1.67. The molecule has 4 atom stereocenters. The second kappa shape index (κ2) is 3.84. The van der Waals surface area contributed by atoms with Crippen LogP contribution in [0, 0.1) is 23.2 Å². The second-order valence-electron chi connectivity index (χ2n) is 6.09. The van der Waals surface area contributed by atoms with Crippen molar-refractivity contribution >= 4 is 11.9 Å². The van der Waals surface area contributed by atoms with E-state index in [0.717, 1.165) is 25.8 Å². The molecule has 2 aliphatic carbocycles. The highest BCUT2D eigenvalue weighted by atomic mass is 16.4. The molecule has 18 heavy (non-hydrogen) atoms. The maximum absolute atomic E-state index is 12.5. The van der Waals surface area contributed by atoms with Crippen LogP contribution >= 0.6 is 0 Å². The number of allylic oxidation sites excluding steroid dienone is 1. The molecule has 1 saturated heterocycles. The first kappa shape index (κ1) is 11.8. The van der Waals surface area contributed by atoms with Crippen LogP contribution in [0.15, 0.2) is 12.2 Å². The van der Waals surface area contributed by atoms with E-state index in [4.69, 9.17) is 5.11 Å². The number of nitrogens with zero attached hydrogens (tertiary/aromatic N) is 1. The predicted molar refractivity (Wildman–Crippen MR) is 65.8 cm³/mol. The van der Waals surface area contributed by atoms with Gasteiger partial charge in [0.15, 0.2) is 0 Å². The van der Waals surface area contributed by atoms with Crippen LogP contribution in [0.1, 0.15) is 26.2 Å². The third kappa shape index (κ3) is 1.66. The van der Waals surface area contributed by atoms with Gasteiger partial charge in [-0.15, -0.1) is 0 Å². The zero-order valence-electron chi connectivity index (χ0n) is 10.6. The number of rotatable bonds is 2. The van der Waals surface area contributed by atoms with E-state index in [-0.39, 0.29) is 23.2 Å². The highest BCUT2D eigenvalue weighted by molar-refractivity contribution is 5.85. The molecule has 4 heteroatoms. The van der Waals surface area contributed by atoms with Gasteiger partial charge in [-0.2, -0.15) is 0 Å². The number of piperidine rings is 1. The van der Waals surface area contributed by atoms with E-state index in [1.165, 1.54) is 0 Å². The first-order chi connectivity index (χ1) is 8.53. The minimum Gasteiger partial charge on any atom is -0.481 e. The maximum atomic E-state index is 12.5. The summed E-state index contributed by atoms with van der Waals surface area (Å²) < 4.78 is 0. The third-order valence-electron chi connectivity index (χ3n) is 4.87. The number of carboxylic acids is 1. The van der Waals surface area contributed by atoms with Crippen LogP contribution in [0.5, 0.6) is 0 Å². The summed E-state index contributed by atoms with van der Waals surface area (Å²) in [4.78, 5) is 25.4. The molecule has 0 aromatic rings. The van der Waals surface area contributed by atoms with E-state index in [2.05, 4.69) is 6.08 Å². The Morgan fingerprint density at radius 3 is 2.78 bits per heavy atom. The fourth-order valence-electron chi connectivity index (χ4n) is 3.64. The summed E-state index contributed by atoms with van der Waals surface area (Å²) >= 11 is 0. The van der Waals surface area contributed by atoms with Crippen LogP contribution in [0.25, 0.3) is 0 Å². The number of carboxylic acid groups (broad SMARTS) is 1. The highest BCUT2D eigenvalue weighted by Gasteiger charge is 2.58. The number of carbonyl (C=O) groups is 2. The summed E-state index contributed by atoms with van der Waals surface area (Å²) in [6.45, 7) is 3.36. The fraction of sp³-hybridized carbons (Fsp3) is 0.714. The molecular weight excluding hydrogens is 230 g/mol. The van der Waals surface area contributed by atoms with Gasteiger partial charge in [-0.05, 0) is 38.0 Å². The van der Waals surface area contributed by atoms with Gasteiger partial charge in [0.1, 0.15) is 0 Å². The lowest BCUT2D eigenvalue weighted by Gasteiger charge is -2.33. The Morgan fingerprint density at radius 1 is 1.39 bits per heavy atom. The first-order valence-electron chi connectivity index (χ1n) is 6.73. The van der Waals surface area contributed by atoms with Crippen molar-refractivity contribution in [1.29, 1.82) is 0 Å². The lowest BCUT2D eigenvalue weighted by Crippen LogP contribution is -2.44. The van der Waals surface area contributed by atoms with Crippen LogP contribution in [0.3, 0.4) is 0 Å². The topological polar surface area (TPSA) is 57.6 Å². The van der Waals surface area contributed by atoms with Gasteiger partial charge in [0.05, 0.1) is 11.3 Å². The van der Waals surface area contributed by atoms with Crippen molar-refractivity contribution in [2.45, 2.75) is 26.2 Å². The number of likely N-dealkylation sites (tertiary alicyclic amines) is 1. The van der Waals surface area contributed by atoms with Gasteiger partial charge >= 0.3 is 5.97 Å². The van der Waals surface area contributed by atoms with Gasteiger partial charge < -0.3 is 10.0 Å². The third-order valence-corrected chi connectivity index (χ3v) is 4.87. The van der Waals surface area contributed by atoms with Gasteiger partial charge in [-0.25, -0.2) is 0 Å². The number of aliphatic carboxylic acids is 1. The smallest absolute Gasteiger partial charge is 0.307 e. The van der Waals surface area contributed by atoms with Crippen LogP contribution in [-0.2, 0) is 9.59 Å². The molecule has 0 spiro atoms. The molecule has 2 fully saturated rings. The van der Waals surface area contributed by atoms with Crippen LogP contribution in [-0.4, -0.2) is 35.0 Å². The van der Waals surface area contributed by atoms with Crippen molar-refractivity contribution in [2.24, 2.45) is 23.2 Å². The Labute approximate surface area is 107 Å². The fourth-order valence-corrected chi connectivity index (χ4v) is 3.64. The molecule has 1 aliphatic heterocycles. The van der Waals surface area contributed by atoms with E-state index in [1.807, 2.05) is 17.9 Å². The predicted octanol–water partition coefficient (Wildman–Crippen LogP) is 1.52. The zero-order chi connectivity index (χ0) is 12.9. The van der Waals surface area contributed by atoms with Crippen molar-refractivity contribution in [3.8, 4) is 0 Å². The standard InChI is InChI=1S/C14H19NO3/c1-14(5-2-3-6-14)13(18)15-7-4-9-10(8-15)11(9)12(16)17/h2,5,9-11H,3-4,6-8H2,1H3,(H,16,17)/t9-,10+,11-,14?/m0/s1. The van der Waals surface area contributed by atoms with E-state index in [0.29, 0.717) is 12.5 Å². The van der Waals surface area contributed by atoms with Crippen LogP contribution in [0.2, 0.25) is 0 Å². The molecule has 1 amide bonds. The number of hydrogen-bond donors (Lipinski definition) is 1. The van der Waals surface area contributed by atoms with E-state index < -0.39 is 5.97 Å². The van der Waals surface area contributed by atoms with Crippen molar-refractivity contribution in [2.75, 3.05) is 13.1 Å². The minimum absolute atomic E-state index is 0.186. The molecular formula is C14H19NO3. The molecule has 0 aromatic carbocycles. The Morgan fingerprint density at radius 2 is 2.17 bits per heavy atom. The monoisotopic (exact) mass is 249 g/mol. The molecule has 1 unspecified atom stereocenters. The highest BCUT2D eigenvalue weighted by Crippen LogP contribution is 2.52. The molecule has 3 aliphatic rings. The zero-order valence-corrected chi connectivity index (χ0v) is 10.6. The largest absolute Gasteiger partial charge is 0.481 e. The lowest BCUT2D eigenvalue weighted by atomic mass is 9.88. The summed E-state index contributed by atoms with van der Waals surface area (Å²) in [6.07, 6.45) is 6.80. The Bertz CT molecular complexity index is 431. The van der Waals surface area contributed by atoms with Crippen molar-refractivity contribution < 1.29 is 14.7 Å². The normalized spacial score (nSPS) is 41.6. The molecule has 0 radical (unpaired) electrons. The molecule has 4 nitrogen and oxygen atoms in total. The number of hydrogen-bond acceptors (Lipinski definition) is 2. The Hall–Kier alpha value is -1.32. The van der Waals surface area contributed by atoms with Gasteiger partial charge in [0.2, 0.25) is 5.91 Å². The summed E-state index contributed by atoms with van der Waals surface area (Å²) in [5.74, 6) is -0.181. The number of fused-ring (bicyclic) bond motifs is 1. The maximum Gasteiger partial charge on any atom is 0.307 e. The summed E-state index contributed by atoms with van der Waals surface area (Å²) in [6, 6.07) is 0. The van der Waals surface area contributed by atoms with Gasteiger partial charge in [-0.3, -0.25) is 9.59 Å². The van der Waals surface area contributed by atoms with Gasteiger partial charge in [-0.1, -0.05) is 12.2 Å². The molecule has 1 N–H and O–H groups in total. The molecule has 98 valence electrons. The second-order valence-corrected chi connectivity index (χ2v) is 6.09. The van der Waals surface area contributed by atoms with E-state index in [9.17, 15) is 9.59 Å². The first-order valence-corrected chi connectivity index (χ1v) is 6.73. The average molecular weight is 249 g/mol. The van der Waals surface area contributed by atoms with E-state index in [1.54, 1.807) is 0 Å². The molecule has 1 heterocycles. The number of amides is 1. The quantitative estimate of drug-likeness (QED) is 0.755. The lowest BCUT2D eigenvalue weighted by molar-refractivity contribution is -0.141. The molecule has 3 rings (SSSR count).